The van der Waals surface area contributed by atoms with Gasteiger partial charge in [0.2, 0.25) is 0 Å². The summed E-state index contributed by atoms with van der Waals surface area (Å²) in [5.74, 6) is 2.73. The molecule has 0 fully saturated rings. The molecule has 0 bridgehead atoms. The van der Waals surface area contributed by atoms with E-state index >= 15 is 0 Å². The van der Waals surface area contributed by atoms with Crippen LogP contribution in [0.3, 0.4) is 0 Å². The maximum Gasteiger partial charge on any atom is 0.0326 e. The predicted octanol–water partition coefficient (Wildman–Crippen LogP) is 2.11. The quantitative estimate of drug-likeness (QED) is 0.647. The number of terminal acetylenes is 1. The van der Waals surface area contributed by atoms with Crippen molar-refractivity contribution in [1.29, 1.82) is 0 Å². The van der Waals surface area contributed by atoms with Crippen LogP contribution in [0.25, 0.3) is 0 Å². The van der Waals surface area contributed by atoms with E-state index < -0.39 is 0 Å². The van der Waals surface area contributed by atoms with Gasteiger partial charge in [-0.25, -0.2) is 0 Å². The van der Waals surface area contributed by atoms with Crippen LogP contribution in [0.4, 0.5) is 0 Å². The maximum atomic E-state index is 5.34. The van der Waals surface area contributed by atoms with Crippen molar-refractivity contribution in [3.05, 3.63) is 0 Å². The Morgan fingerprint density at radius 2 is 2.00 bits per heavy atom. The fraction of sp³-hybridized carbons (Fsp3) is 0.846. The zero-order chi connectivity index (χ0) is 11.9. The molecule has 0 radical (unpaired) electrons. The summed E-state index contributed by atoms with van der Waals surface area (Å²) in [7, 11) is 4.29. The van der Waals surface area contributed by atoms with Gasteiger partial charge in [-0.2, -0.15) is 0 Å². The van der Waals surface area contributed by atoms with Crippen LogP contribution in [0.15, 0.2) is 0 Å². The van der Waals surface area contributed by atoms with E-state index in [1.807, 2.05) is 0 Å². The Morgan fingerprint density at radius 1 is 1.40 bits per heavy atom. The summed E-state index contributed by atoms with van der Waals surface area (Å²) in [6.45, 7) is 7.68. The Hall–Kier alpha value is -0.520. The van der Waals surface area contributed by atoms with Gasteiger partial charge in [-0.3, -0.25) is 0 Å². The second kappa shape index (κ2) is 6.87. The third kappa shape index (κ3) is 3.85. The van der Waals surface area contributed by atoms with Crippen LogP contribution in [-0.4, -0.2) is 37.1 Å². The molecule has 0 aliphatic carbocycles. The molecule has 2 nitrogen and oxygen atoms in total. The van der Waals surface area contributed by atoms with E-state index in [1.165, 1.54) is 0 Å². The molecule has 2 heteroatoms. The Kier molecular flexibility index (Phi) is 6.63. The topological polar surface area (TPSA) is 15.3 Å². The van der Waals surface area contributed by atoms with Crippen molar-refractivity contribution < 1.29 is 0 Å². The molecule has 0 aromatic heterocycles. The molecule has 0 aliphatic heterocycles. The number of hydrogen-bond acceptors (Lipinski definition) is 2. The fourth-order valence-electron chi connectivity index (χ4n) is 1.98. The van der Waals surface area contributed by atoms with E-state index in [0.29, 0.717) is 6.04 Å². The van der Waals surface area contributed by atoms with E-state index in [0.717, 1.165) is 25.8 Å². The van der Waals surface area contributed by atoms with Gasteiger partial charge in [-0.1, -0.05) is 13.8 Å². The number of rotatable bonds is 7. The highest BCUT2D eigenvalue weighted by Gasteiger charge is 2.33. The molecule has 0 aromatic rings. The average molecular weight is 210 g/mol. The van der Waals surface area contributed by atoms with Crippen molar-refractivity contribution in [2.24, 2.45) is 0 Å². The van der Waals surface area contributed by atoms with Crippen molar-refractivity contribution in [2.45, 2.75) is 51.6 Å². The third-order valence-electron chi connectivity index (χ3n) is 3.52. The third-order valence-corrected chi connectivity index (χ3v) is 3.52. The Morgan fingerprint density at radius 3 is 2.33 bits per heavy atom. The minimum Gasteiger partial charge on any atom is -0.312 e. The van der Waals surface area contributed by atoms with Gasteiger partial charge in [0.25, 0.3) is 0 Å². The lowest BCUT2D eigenvalue weighted by atomic mass is 9.85. The first-order chi connectivity index (χ1) is 7.02. The number of nitrogens with zero attached hydrogens (tertiary/aromatic N) is 1. The van der Waals surface area contributed by atoms with E-state index in [9.17, 15) is 0 Å². The number of nitrogens with one attached hydrogen (secondary N) is 1. The van der Waals surface area contributed by atoms with Gasteiger partial charge in [0, 0.05) is 18.0 Å². The lowest BCUT2D eigenvalue weighted by Crippen LogP contribution is -2.56. The van der Waals surface area contributed by atoms with Crippen molar-refractivity contribution in [1.82, 2.24) is 10.2 Å². The summed E-state index contributed by atoms with van der Waals surface area (Å²) in [6.07, 6.45) is 8.37. The van der Waals surface area contributed by atoms with Crippen LogP contribution in [0, 0.1) is 12.3 Å². The Bertz CT molecular complexity index is 205. The summed E-state index contributed by atoms with van der Waals surface area (Å²) in [4.78, 5) is 2.30. The van der Waals surface area contributed by atoms with E-state index in [1.54, 1.807) is 0 Å². The SMILES string of the molecule is C#CCCC(NCC)C(C)(CC)N(C)C. The maximum absolute atomic E-state index is 5.34. The predicted molar refractivity (Wildman–Crippen MR) is 67.9 cm³/mol. The fourth-order valence-corrected chi connectivity index (χ4v) is 1.98. The van der Waals surface area contributed by atoms with Gasteiger partial charge in [0.15, 0.2) is 0 Å². The first-order valence-corrected chi connectivity index (χ1v) is 5.87. The molecule has 1 N–H and O–H groups in total. The molecule has 0 aromatic carbocycles. The van der Waals surface area contributed by atoms with Gasteiger partial charge in [0.05, 0.1) is 0 Å². The van der Waals surface area contributed by atoms with E-state index in [4.69, 9.17) is 6.42 Å². The molecule has 2 atom stereocenters. The van der Waals surface area contributed by atoms with Crippen molar-refractivity contribution in [3.63, 3.8) is 0 Å². The summed E-state index contributed by atoms with van der Waals surface area (Å²) in [6, 6.07) is 0.471. The second-order valence-corrected chi connectivity index (χ2v) is 4.46. The van der Waals surface area contributed by atoms with Gasteiger partial charge in [0.1, 0.15) is 0 Å². The molecule has 15 heavy (non-hydrogen) atoms. The molecule has 88 valence electrons. The van der Waals surface area contributed by atoms with Crippen LogP contribution in [0.1, 0.15) is 40.0 Å². The molecule has 0 saturated carbocycles. The monoisotopic (exact) mass is 210 g/mol. The average Bonchev–Trinajstić information content (AvgIpc) is 2.22. The van der Waals surface area contributed by atoms with Crippen molar-refractivity contribution in [2.75, 3.05) is 20.6 Å². The minimum atomic E-state index is 0.187. The Balaban J connectivity index is 4.61. The normalized spacial score (nSPS) is 17.1. The van der Waals surface area contributed by atoms with Crippen LogP contribution in [-0.2, 0) is 0 Å². The highest BCUT2D eigenvalue weighted by atomic mass is 15.2. The summed E-state index contributed by atoms with van der Waals surface area (Å²) in [5.41, 5.74) is 0.187. The number of likely N-dealkylation sites (N-methyl/N-ethyl adjacent to an activating group) is 2. The number of hydrogen-bond donors (Lipinski definition) is 1. The first kappa shape index (κ1) is 14.5. The van der Waals surface area contributed by atoms with Gasteiger partial charge in [-0.15, -0.1) is 12.3 Å². The lowest BCUT2D eigenvalue weighted by Gasteiger charge is -2.43. The van der Waals surface area contributed by atoms with Gasteiger partial charge in [-0.05, 0) is 40.4 Å². The molecular formula is C13H26N2. The van der Waals surface area contributed by atoms with Crippen LogP contribution in [0.5, 0.6) is 0 Å². The molecular weight excluding hydrogens is 184 g/mol. The van der Waals surface area contributed by atoms with Gasteiger partial charge < -0.3 is 10.2 Å². The highest BCUT2D eigenvalue weighted by molar-refractivity contribution is 4.96. The van der Waals surface area contributed by atoms with Crippen LogP contribution >= 0.6 is 0 Å². The standard InChI is InChI=1S/C13H26N2/c1-7-10-11-12(14-9-3)13(4,8-2)15(5)6/h1,12,14H,8-11H2,2-6H3. The van der Waals surface area contributed by atoms with Crippen molar-refractivity contribution >= 4 is 0 Å². The molecule has 0 amide bonds. The highest BCUT2D eigenvalue weighted by Crippen LogP contribution is 2.23. The molecule has 0 rings (SSSR count). The van der Waals surface area contributed by atoms with Crippen LogP contribution in [0.2, 0.25) is 0 Å². The summed E-state index contributed by atoms with van der Waals surface area (Å²) < 4.78 is 0. The first-order valence-electron chi connectivity index (χ1n) is 5.87. The molecule has 0 aliphatic rings. The largest absolute Gasteiger partial charge is 0.312 e. The minimum absolute atomic E-state index is 0.187. The second-order valence-electron chi connectivity index (χ2n) is 4.46. The Labute approximate surface area is 95.4 Å². The molecule has 0 saturated heterocycles. The van der Waals surface area contributed by atoms with E-state index in [2.05, 4.69) is 51.0 Å². The van der Waals surface area contributed by atoms with Crippen molar-refractivity contribution in [3.8, 4) is 12.3 Å². The summed E-state index contributed by atoms with van der Waals surface area (Å²) in [5, 5.41) is 3.55. The zero-order valence-corrected chi connectivity index (χ0v) is 10.9. The zero-order valence-electron chi connectivity index (χ0n) is 10.9. The molecule has 0 spiro atoms. The van der Waals surface area contributed by atoms with Gasteiger partial charge >= 0.3 is 0 Å². The van der Waals surface area contributed by atoms with Crippen LogP contribution < -0.4 is 5.32 Å². The smallest absolute Gasteiger partial charge is 0.0326 e. The molecule has 0 heterocycles. The molecule has 2 unspecified atom stereocenters. The summed E-state index contributed by atoms with van der Waals surface area (Å²) >= 11 is 0. The van der Waals surface area contributed by atoms with E-state index in [-0.39, 0.29) is 5.54 Å². The lowest BCUT2D eigenvalue weighted by molar-refractivity contribution is 0.109.